The molecule has 0 bridgehead atoms. The third kappa shape index (κ3) is 12.1. The fourth-order valence-corrected chi connectivity index (χ4v) is 2.93. The lowest BCUT2D eigenvalue weighted by Crippen LogP contribution is -2.25. The number of carbonyl (C=O) groups is 1. The largest absolute Gasteiger partial charge is 0.356 e. The fourth-order valence-electron chi connectivity index (χ4n) is 2.93. The van der Waals surface area contributed by atoms with Gasteiger partial charge in [0, 0.05) is 25.4 Å². The van der Waals surface area contributed by atoms with Gasteiger partial charge in [-0.15, -0.1) is 0 Å². The second kappa shape index (κ2) is 15.2. The van der Waals surface area contributed by atoms with Gasteiger partial charge >= 0.3 is 0 Å². The van der Waals surface area contributed by atoms with E-state index in [-0.39, 0.29) is 5.91 Å². The van der Waals surface area contributed by atoms with Gasteiger partial charge in [0.15, 0.2) is 0 Å². The zero-order valence-electron chi connectivity index (χ0n) is 15.6. The van der Waals surface area contributed by atoms with E-state index in [1.54, 1.807) is 12.4 Å². The second-order valence-electron chi connectivity index (χ2n) is 6.74. The van der Waals surface area contributed by atoms with Crippen LogP contribution in [0, 0.1) is 0 Å². The molecule has 0 aromatic carbocycles. The number of hydrogen-bond donors (Lipinski definition) is 1. The molecule has 3 heteroatoms. The lowest BCUT2D eigenvalue weighted by Gasteiger charge is -2.05. The van der Waals surface area contributed by atoms with Gasteiger partial charge in [-0.1, -0.05) is 71.1 Å². The van der Waals surface area contributed by atoms with E-state index >= 15 is 0 Å². The van der Waals surface area contributed by atoms with E-state index in [0.717, 1.165) is 19.4 Å². The van der Waals surface area contributed by atoms with Crippen molar-refractivity contribution in [2.45, 2.75) is 90.4 Å². The van der Waals surface area contributed by atoms with Crippen molar-refractivity contribution in [2.75, 3.05) is 6.54 Å². The first-order valence-electron chi connectivity index (χ1n) is 9.98. The first kappa shape index (κ1) is 20.7. The van der Waals surface area contributed by atoms with Crippen LogP contribution in [0.2, 0.25) is 0 Å². The van der Waals surface area contributed by atoms with Crippen molar-refractivity contribution in [2.24, 2.45) is 0 Å². The molecule has 0 saturated heterocycles. The molecule has 1 aromatic heterocycles. The number of pyridine rings is 1. The molecule has 0 fully saturated rings. The SMILES string of the molecule is CCCCCCCCCCCCCC(=O)NCCc1ccncc1. The molecule has 24 heavy (non-hydrogen) atoms. The number of aromatic nitrogens is 1. The minimum Gasteiger partial charge on any atom is -0.356 e. The Morgan fingerprint density at radius 1 is 0.875 bits per heavy atom. The van der Waals surface area contributed by atoms with E-state index in [1.165, 1.54) is 69.8 Å². The topological polar surface area (TPSA) is 42.0 Å². The number of rotatable bonds is 15. The molecular weight excluding hydrogens is 296 g/mol. The van der Waals surface area contributed by atoms with Crippen LogP contribution in [0.25, 0.3) is 0 Å². The van der Waals surface area contributed by atoms with Gasteiger partial charge in [-0.2, -0.15) is 0 Å². The molecule has 0 radical (unpaired) electrons. The average molecular weight is 333 g/mol. The lowest BCUT2D eigenvalue weighted by atomic mass is 10.1. The Kier molecular flexibility index (Phi) is 13.1. The summed E-state index contributed by atoms with van der Waals surface area (Å²) in [6, 6.07) is 3.99. The highest BCUT2D eigenvalue weighted by Gasteiger charge is 2.01. The lowest BCUT2D eigenvalue weighted by molar-refractivity contribution is -0.121. The molecule has 0 saturated carbocycles. The zero-order valence-corrected chi connectivity index (χ0v) is 15.6. The van der Waals surface area contributed by atoms with Crippen molar-refractivity contribution in [1.29, 1.82) is 0 Å². The molecule has 3 nitrogen and oxygen atoms in total. The maximum absolute atomic E-state index is 11.8. The van der Waals surface area contributed by atoms with E-state index in [2.05, 4.69) is 17.2 Å². The first-order chi connectivity index (χ1) is 11.8. The number of carbonyl (C=O) groups excluding carboxylic acids is 1. The summed E-state index contributed by atoms with van der Waals surface area (Å²) in [5, 5.41) is 3.01. The molecule has 0 atom stereocenters. The van der Waals surface area contributed by atoms with Crippen molar-refractivity contribution in [3.63, 3.8) is 0 Å². The first-order valence-corrected chi connectivity index (χ1v) is 9.98. The van der Waals surface area contributed by atoms with E-state index < -0.39 is 0 Å². The summed E-state index contributed by atoms with van der Waals surface area (Å²) in [6.45, 7) is 2.99. The molecule has 1 N–H and O–H groups in total. The summed E-state index contributed by atoms with van der Waals surface area (Å²) in [4.78, 5) is 15.8. The molecule has 0 aliphatic carbocycles. The number of unbranched alkanes of at least 4 members (excludes halogenated alkanes) is 10. The summed E-state index contributed by atoms with van der Waals surface area (Å²) >= 11 is 0. The van der Waals surface area contributed by atoms with E-state index in [0.29, 0.717) is 6.42 Å². The van der Waals surface area contributed by atoms with Crippen LogP contribution in [-0.2, 0) is 11.2 Å². The van der Waals surface area contributed by atoms with E-state index in [9.17, 15) is 4.79 Å². The molecule has 0 unspecified atom stereocenters. The van der Waals surface area contributed by atoms with Gasteiger partial charge in [0.25, 0.3) is 0 Å². The number of nitrogens with zero attached hydrogens (tertiary/aromatic N) is 1. The highest BCUT2D eigenvalue weighted by atomic mass is 16.1. The minimum absolute atomic E-state index is 0.194. The standard InChI is InChI=1S/C21H36N2O/c1-2-3-4-5-6-7-8-9-10-11-12-13-21(24)23-19-16-20-14-17-22-18-15-20/h14-15,17-18H,2-13,16,19H2,1H3,(H,23,24). The third-order valence-electron chi connectivity index (χ3n) is 4.49. The van der Waals surface area contributed by atoms with Crippen LogP contribution in [0.15, 0.2) is 24.5 Å². The molecule has 1 amide bonds. The molecule has 136 valence electrons. The van der Waals surface area contributed by atoms with Gasteiger partial charge in [0.2, 0.25) is 5.91 Å². The quantitative estimate of drug-likeness (QED) is 0.434. The van der Waals surface area contributed by atoms with Crippen LogP contribution in [0.3, 0.4) is 0 Å². The van der Waals surface area contributed by atoms with Gasteiger partial charge in [0.1, 0.15) is 0 Å². The van der Waals surface area contributed by atoms with Gasteiger partial charge in [-0.05, 0) is 30.5 Å². The summed E-state index contributed by atoms with van der Waals surface area (Å²) in [5.74, 6) is 0.194. The Morgan fingerprint density at radius 3 is 2.00 bits per heavy atom. The monoisotopic (exact) mass is 332 g/mol. The molecule has 1 rings (SSSR count). The van der Waals surface area contributed by atoms with Crippen LogP contribution < -0.4 is 5.32 Å². The van der Waals surface area contributed by atoms with Crippen LogP contribution in [-0.4, -0.2) is 17.4 Å². The van der Waals surface area contributed by atoms with Gasteiger partial charge < -0.3 is 5.32 Å². The van der Waals surface area contributed by atoms with Gasteiger partial charge in [-0.25, -0.2) is 0 Å². The van der Waals surface area contributed by atoms with Crippen LogP contribution in [0.5, 0.6) is 0 Å². The van der Waals surface area contributed by atoms with Crippen LogP contribution in [0.4, 0.5) is 0 Å². The zero-order chi connectivity index (χ0) is 17.3. The highest BCUT2D eigenvalue weighted by Crippen LogP contribution is 2.11. The number of hydrogen-bond acceptors (Lipinski definition) is 2. The summed E-state index contributed by atoms with van der Waals surface area (Å²) in [7, 11) is 0. The van der Waals surface area contributed by atoms with Gasteiger partial charge in [-0.3, -0.25) is 9.78 Å². The molecule has 1 aromatic rings. The van der Waals surface area contributed by atoms with Crippen LogP contribution >= 0.6 is 0 Å². The Labute approximate surface area is 148 Å². The Bertz CT molecular complexity index is 406. The Hall–Kier alpha value is -1.38. The normalized spacial score (nSPS) is 10.7. The predicted octanol–water partition coefficient (Wildman–Crippen LogP) is 5.44. The smallest absolute Gasteiger partial charge is 0.220 e. The number of nitrogens with one attached hydrogen (secondary N) is 1. The van der Waals surface area contributed by atoms with Crippen LogP contribution in [0.1, 0.15) is 89.5 Å². The molecular formula is C21H36N2O. The highest BCUT2D eigenvalue weighted by molar-refractivity contribution is 5.75. The predicted molar refractivity (Wildman–Crippen MR) is 102 cm³/mol. The molecule has 1 heterocycles. The third-order valence-corrected chi connectivity index (χ3v) is 4.49. The summed E-state index contributed by atoms with van der Waals surface area (Å²) in [6.07, 6.45) is 19.7. The average Bonchev–Trinajstić information content (AvgIpc) is 2.60. The Balaban J connectivity index is 1.82. The van der Waals surface area contributed by atoms with Crippen molar-refractivity contribution in [1.82, 2.24) is 10.3 Å². The van der Waals surface area contributed by atoms with Crippen molar-refractivity contribution < 1.29 is 4.79 Å². The summed E-state index contributed by atoms with van der Waals surface area (Å²) in [5.41, 5.74) is 1.22. The molecule has 0 aliphatic rings. The fraction of sp³-hybridized carbons (Fsp3) is 0.714. The minimum atomic E-state index is 0.194. The molecule has 0 spiro atoms. The Morgan fingerprint density at radius 2 is 1.42 bits per heavy atom. The number of amides is 1. The van der Waals surface area contributed by atoms with E-state index in [4.69, 9.17) is 0 Å². The maximum atomic E-state index is 11.8. The van der Waals surface area contributed by atoms with Crippen molar-refractivity contribution in [3.8, 4) is 0 Å². The second-order valence-corrected chi connectivity index (χ2v) is 6.74. The van der Waals surface area contributed by atoms with E-state index in [1.807, 2.05) is 12.1 Å². The van der Waals surface area contributed by atoms with Gasteiger partial charge in [0.05, 0.1) is 0 Å². The summed E-state index contributed by atoms with van der Waals surface area (Å²) < 4.78 is 0. The van der Waals surface area contributed by atoms with Crippen molar-refractivity contribution in [3.05, 3.63) is 30.1 Å². The maximum Gasteiger partial charge on any atom is 0.220 e. The van der Waals surface area contributed by atoms with Crippen molar-refractivity contribution >= 4 is 5.91 Å². The molecule has 0 aliphatic heterocycles.